The van der Waals surface area contributed by atoms with Crippen molar-refractivity contribution >= 4 is 22.9 Å². The molecule has 2 aromatic rings. The molecule has 2 rings (SSSR count). The number of ether oxygens (including phenoxy) is 2. The van der Waals surface area contributed by atoms with Gasteiger partial charge in [0.05, 0.1) is 18.6 Å². The number of halogens is 1. The summed E-state index contributed by atoms with van der Waals surface area (Å²) in [6.45, 7) is 2.84. The van der Waals surface area contributed by atoms with E-state index >= 15 is 0 Å². The van der Waals surface area contributed by atoms with Crippen LogP contribution < -0.4 is 14.8 Å². The van der Waals surface area contributed by atoms with Gasteiger partial charge in [0.2, 0.25) is 0 Å². The molecule has 0 aliphatic carbocycles. The van der Waals surface area contributed by atoms with Gasteiger partial charge in [-0.15, -0.1) is 11.3 Å². The molecule has 0 aliphatic heterocycles. The third kappa shape index (κ3) is 3.66. The van der Waals surface area contributed by atoms with Gasteiger partial charge in [0, 0.05) is 24.2 Å². The van der Waals surface area contributed by atoms with Crippen molar-refractivity contribution in [3.05, 3.63) is 45.1 Å². The van der Waals surface area contributed by atoms with Crippen molar-refractivity contribution in [3.63, 3.8) is 0 Å². The van der Waals surface area contributed by atoms with Gasteiger partial charge in [-0.25, -0.2) is 0 Å². The van der Waals surface area contributed by atoms with Gasteiger partial charge >= 0.3 is 0 Å². The molecule has 0 fully saturated rings. The highest BCUT2D eigenvalue weighted by Crippen LogP contribution is 2.27. The maximum absolute atomic E-state index is 5.96. The Bertz CT molecular complexity index is 571. The van der Waals surface area contributed by atoms with Crippen LogP contribution in [0.4, 0.5) is 0 Å². The molecule has 1 atom stereocenters. The molecule has 108 valence electrons. The quantitative estimate of drug-likeness (QED) is 0.864. The van der Waals surface area contributed by atoms with Crippen LogP contribution in [0.1, 0.15) is 24.1 Å². The summed E-state index contributed by atoms with van der Waals surface area (Å²) in [5.74, 6) is 1.62. The monoisotopic (exact) mass is 311 g/mol. The summed E-state index contributed by atoms with van der Waals surface area (Å²) >= 11 is 7.51. The third-order valence-corrected chi connectivity index (χ3v) is 4.29. The molecule has 20 heavy (non-hydrogen) atoms. The predicted octanol–water partition coefficient (Wildman–Crippen LogP) is 4.27. The predicted molar refractivity (Wildman–Crippen MR) is 84.1 cm³/mol. The molecule has 0 spiro atoms. The molecular formula is C15H18ClNO2S. The number of nitrogens with one attached hydrogen (secondary N) is 1. The van der Waals surface area contributed by atoms with E-state index in [-0.39, 0.29) is 6.04 Å². The lowest BCUT2D eigenvalue weighted by atomic mass is 10.1. The lowest BCUT2D eigenvalue weighted by molar-refractivity contribution is 0.389. The minimum absolute atomic E-state index is 0.241. The molecule has 0 aliphatic rings. The van der Waals surface area contributed by atoms with Crippen LogP contribution in [0.5, 0.6) is 11.5 Å². The second-order valence-corrected chi connectivity index (χ2v) is 6.01. The van der Waals surface area contributed by atoms with Crippen LogP contribution in [-0.4, -0.2) is 14.2 Å². The van der Waals surface area contributed by atoms with Crippen molar-refractivity contribution < 1.29 is 9.47 Å². The van der Waals surface area contributed by atoms with Crippen molar-refractivity contribution in [2.45, 2.75) is 19.5 Å². The molecule has 0 saturated carbocycles. The van der Waals surface area contributed by atoms with E-state index in [1.165, 1.54) is 5.56 Å². The fourth-order valence-electron chi connectivity index (χ4n) is 1.93. The SMILES string of the molecule is COc1ccc(CNC(C)c2csc(Cl)c2)c(OC)c1. The van der Waals surface area contributed by atoms with Gasteiger partial charge in [-0.1, -0.05) is 17.7 Å². The normalized spacial score (nSPS) is 12.2. The zero-order valence-electron chi connectivity index (χ0n) is 11.8. The summed E-state index contributed by atoms with van der Waals surface area (Å²) in [6, 6.07) is 8.08. The van der Waals surface area contributed by atoms with E-state index in [1.54, 1.807) is 25.6 Å². The summed E-state index contributed by atoms with van der Waals surface area (Å²) in [5.41, 5.74) is 2.30. The second kappa shape index (κ2) is 6.97. The van der Waals surface area contributed by atoms with E-state index in [1.807, 2.05) is 24.3 Å². The van der Waals surface area contributed by atoms with E-state index in [4.69, 9.17) is 21.1 Å². The molecule has 0 bridgehead atoms. The fourth-order valence-corrected chi connectivity index (χ4v) is 2.91. The highest BCUT2D eigenvalue weighted by atomic mass is 35.5. The Morgan fingerprint density at radius 3 is 2.65 bits per heavy atom. The largest absolute Gasteiger partial charge is 0.497 e. The van der Waals surface area contributed by atoms with Crippen LogP contribution in [0.3, 0.4) is 0 Å². The molecule has 5 heteroatoms. The van der Waals surface area contributed by atoms with Gasteiger partial charge in [0.25, 0.3) is 0 Å². The summed E-state index contributed by atoms with van der Waals surface area (Å²) in [4.78, 5) is 0. The van der Waals surface area contributed by atoms with Crippen molar-refractivity contribution in [1.82, 2.24) is 5.32 Å². The summed E-state index contributed by atoms with van der Waals surface area (Å²) < 4.78 is 11.4. The first-order valence-electron chi connectivity index (χ1n) is 6.32. The van der Waals surface area contributed by atoms with E-state index in [2.05, 4.69) is 17.6 Å². The standard InChI is InChI=1S/C15H18ClNO2S/c1-10(12-6-15(16)20-9-12)17-8-11-4-5-13(18-2)7-14(11)19-3/h4-7,9-10,17H,8H2,1-3H3. The minimum Gasteiger partial charge on any atom is -0.497 e. The highest BCUT2D eigenvalue weighted by Gasteiger charge is 2.10. The average Bonchev–Trinajstić information content (AvgIpc) is 2.91. The Labute approximate surface area is 128 Å². The Balaban J connectivity index is 2.03. The molecule has 0 radical (unpaired) electrons. The maximum atomic E-state index is 5.96. The van der Waals surface area contributed by atoms with Crippen LogP contribution in [0.2, 0.25) is 4.34 Å². The van der Waals surface area contributed by atoms with Gasteiger partial charge in [-0.3, -0.25) is 0 Å². The lowest BCUT2D eigenvalue weighted by Gasteiger charge is -2.15. The molecule has 0 saturated heterocycles. The molecule has 1 aromatic heterocycles. The van der Waals surface area contributed by atoms with Crippen molar-refractivity contribution in [2.24, 2.45) is 0 Å². The number of hydrogen-bond donors (Lipinski definition) is 1. The number of benzene rings is 1. The lowest BCUT2D eigenvalue weighted by Crippen LogP contribution is -2.18. The molecule has 3 nitrogen and oxygen atoms in total. The Morgan fingerprint density at radius 2 is 2.05 bits per heavy atom. The third-order valence-electron chi connectivity index (χ3n) is 3.18. The summed E-state index contributed by atoms with van der Waals surface area (Å²) in [6.07, 6.45) is 0. The zero-order valence-corrected chi connectivity index (χ0v) is 13.3. The van der Waals surface area contributed by atoms with Crippen molar-refractivity contribution in [2.75, 3.05) is 14.2 Å². The first kappa shape index (κ1) is 15.2. The minimum atomic E-state index is 0.241. The molecule has 1 N–H and O–H groups in total. The Hall–Kier alpha value is -1.23. The van der Waals surface area contributed by atoms with Gasteiger partial charge in [0.15, 0.2) is 0 Å². The summed E-state index contributed by atoms with van der Waals surface area (Å²) in [7, 11) is 3.31. The summed E-state index contributed by atoms with van der Waals surface area (Å²) in [5, 5.41) is 5.54. The second-order valence-electron chi connectivity index (χ2n) is 4.46. The number of thiophene rings is 1. The van der Waals surface area contributed by atoms with Gasteiger partial charge in [-0.2, -0.15) is 0 Å². The molecule has 1 unspecified atom stereocenters. The smallest absolute Gasteiger partial charge is 0.127 e. The first-order chi connectivity index (χ1) is 9.63. The number of hydrogen-bond acceptors (Lipinski definition) is 4. The first-order valence-corrected chi connectivity index (χ1v) is 7.58. The molecule has 1 heterocycles. The number of methoxy groups -OCH3 is 2. The van der Waals surface area contributed by atoms with Crippen LogP contribution in [0.25, 0.3) is 0 Å². The van der Waals surface area contributed by atoms with Crippen molar-refractivity contribution in [3.8, 4) is 11.5 Å². The van der Waals surface area contributed by atoms with Crippen LogP contribution in [0.15, 0.2) is 29.6 Å². The van der Waals surface area contributed by atoms with Crippen LogP contribution in [-0.2, 0) is 6.54 Å². The van der Waals surface area contributed by atoms with Gasteiger partial charge in [0.1, 0.15) is 11.5 Å². The Morgan fingerprint density at radius 1 is 1.25 bits per heavy atom. The van der Waals surface area contributed by atoms with Crippen LogP contribution >= 0.6 is 22.9 Å². The average molecular weight is 312 g/mol. The van der Waals surface area contributed by atoms with E-state index in [9.17, 15) is 0 Å². The van der Waals surface area contributed by atoms with E-state index in [0.29, 0.717) is 0 Å². The topological polar surface area (TPSA) is 30.5 Å². The Kier molecular flexibility index (Phi) is 5.29. The molecule has 1 aromatic carbocycles. The molecular weight excluding hydrogens is 294 g/mol. The van der Waals surface area contributed by atoms with E-state index < -0.39 is 0 Å². The van der Waals surface area contributed by atoms with Gasteiger partial charge in [-0.05, 0) is 30.0 Å². The van der Waals surface area contributed by atoms with Crippen molar-refractivity contribution in [1.29, 1.82) is 0 Å². The number of rotatable bonds is 6. The highest BCUT2D eigenvalue weighted by molar-refractivity contribution is 7.14. The van der Waals surface area contributed by atoms with Gasteiger partial charge < -0.3 is 14.8 Å². The fraction of sp³-hybridized carbons (Fsp3) is 0.333. The zero-order chi connectivity index (χ0) is 14.5. The van der Waals surface area contributed by atoms with E-state index in [0.717, 1.165) is 27.9 Å². The maximum Gasteiger partial charge on any atom is 0.127 e. The molecule has 0 amide bonds. The van der Waals surface area contributed by atoms with Crippen LogP contribution in [0, 0.1) is 0 Å².